The van der Waals surface area contributed by atoms with Crippen molar-refractivity contribution in [2.45, 2.75) is 32.3 Å². The lowest BCUT2D eigenvalue weighted by Gasteiger charge is -2.37. The summed E-state index contributed by atoms with van der Waals surface area (Å²) < 4.78 is 42.4. The van der Waals surface area contributed by atoms with Crippen LogP contribution >= 0.6 is 0 Å². The maximum atomic E-state index is 13.1. The van der Waals surface area contributed by atoms with Crippen LogP contribution in [0.4, 0.5) is 31.7 Å². The summed E-state index contributed by atoms with van der Waals surface area (Å²) in [6, 6.07) is 14.6. The number of hydrogen-bond acceptors (Lipinski definition) is 10. The molecule has 1 fully saturated rings. The molecule has 0 spiro atoms. The van der Waals surface area contributed by atoms with Gasteiger partial charge in [0.1, 0.15) is 29.0 Å². The number of piperazine rings is 1. The Balaban J connectivity index is 0.000000314. The van der Waals surface area contributed by atoms with Gasteiger partial charge >= 0.3 is 0 Å². The number of halogens is 2. The molecular formula is C33H35F2N7O4. The number of nitrogens with zero attached hydrogens (tertiary/aromatic N) is 4. The van der Waals surface area contributed by atoms with Crippen molar-refractivity contribution in [3.05, 3.63) is 78.5 Å². The van der Waals surface area contributed by atoms with Gasteiger partial charge in [0.25, 0.3) is 12.3 Å². The highest BCUT2D eigenvalue weighted by Crippen LogP contribution is 2.42. The number of nitrogens with one attached hydrogen (secondary N) is 1. The molecule has 13 heteroatoms. The standard InChI is InChI=1S/C25H28F2N6O3.C8H7NO/c1-25(2)12-16-9-17(19(11-20(16)36-25)33-7-5-32(6-8-33)13-21(26)27)30-23(34)18-14-35-24(31-18)15-3-4-29-22(28)10-15;9-7-1-2-8-6(5-7)3-4-10-8/h3-4,9-11,14,21H,5-8,12-13H2,1-2H3,(H2,28,29)(H,30,34);1-5H,9H2. The second kappa shape index (κ2) is 12.7. The summed E-state index contributed by atoms with van der Waals surface area (Å²) >= 11 is 0. The van der Waals surface area contributed by atoms with Gasteiger partial charge < -0.3 is 35.3 Å². The van der Waals surface area contributed by atoms with Crippen molar-refractivity contribution in [1.29, 1.82) is 0 Å². The number of benzene rings is 2. The maximum absolute atomic E-state index is 13.1. The molecule has 5 heterocycles. The van der Waals surface area contributed by atoms with Crippen molar-refractivity contribution in [3.63, 3.8) is 0 Å². The summed E-state index contributed by atoms with van der Waals surface area (Å²) in [5.41, 5.74) is 15.7. The number of oxazole rings is 1. The molecule has 2 aromatic carbocycles. The van der Waals surface area contributed by atoms with E-state index >= 15 is 0 Å². The average molecular weight is 632 g/mol. The predicted octanol–water partition coefficient (Wildman–Crippen LogP) is 5.69. The average Bonchev–Trinajstić information content (AvgIpc) is 3.75. The maximum Gasteiger partial charge on any atom is 0.277 e. The molecule has 1 saturated heterocycles. The second-order valence-corrected chi connectivity index (χ2v) is 11.9. The molecule has 0 radical (unpaired) electrons. The number of carbonyl (C=O) groups excluding carboxylic acids is 1. The van der Waals surface area contributed by atoms with Crippen molar-refractivity contribution >= 4 is 39.8 Å². The quantitative estimate of drug-likeness (QED) is 0.200. The molecule has 46 heavy (non-hydrogen) atoms. The molecule has 3 aromatic heterocycles. The van der Waals surface area contributed by atoms with E-state index in [9.17, 15) is 13.6 Å². The van der Waals surface area contributed by atoms with Gasteiger partial charge in [-0.25, -0.2) is 18.7 Å². The first-order chi connectivity index (χ1) is 22.0. The number of ether oxygens (including phenoxy) is 1. The Bertz CT molecular complexity index is 1850. The van der Waals surface area contributed by atoms with E-state index in [1.54, 1.807) is 23.3 Å². The fourth-order valence-electron chi connectivity index (χ4n) is 5.63. The van der Waals surface area contributed by atoms with Crippen molar-refractivity contribution in [1.82, 2.24) is 14.9 Å². The SMILES string of the molecule is CC1(C)Cc2cc(NC(=O)c3coc(-c4ccnc(N)c4)n3)c(N3CCN(CC(F)F)CC3)cc2O1.Nc1ccc2occc2c1. The van der Waals surface area contributed by atoms with Crippen LogP contribution in [-0.4, -0.2) is 65.5 Å². The van der Waals surface area contributed by atoms with Gasteiger partial charge in [-0.2, -0.15) is 0 Å². The minimum atomic E-state index is -2.36. The van der Waals surface area contributed by atoms with Crippen LogP contribution in [0, 0.1) is 0 Å². The molecule has 5 aromatic rings. The van der Waals surface area contributed by atoms with E-state index in [2.05, 4.69) is 20.2 Å². The number of nitrogen functional groups attached to an aromatic ring is 2. The van der Waals surface area contributed by atoms with Crippen LogP contribution in [0.5, 0.6) is 5.75 Å². The number of pyridine rings is 1. The number of furan rings is 1. The number of hydrogen-bond donors (Lipinski definition) is 3. The number of fused-ring (bicyclic) bond motifs is 2. The number of aromatic nitrogens is 2. The zero-order chi connectivity index (χ0) is 32.4. The smallest absolute Gasteiger partial charge is 0.277 e. The molecule has 1 amide bonds. The van der Waals surface area contributed by atoms with Gasteiger partial charge in [-0.15, -0.1) is 0 Å². The normalized spacial score (nSPS) is 15.7. The van der Waals surface area contributed by atoms with Gasteiger partial charge in [0.05, 0.1) is 24.2 Å². The van der Waals surface area contributed by atoms with Gasteiger partial charge in [-0.3, -0.25) is 9.69 Å². The van der Waals surface area contributed by atoms with Crippen LogP contribution in [0.1, 0.15) is 29.9 Å². The zero-order valence-corrected chi connectivity index (χ0v) is 25.5. The Hall–Kier alpha value is -5.17. The fourth-order valence-corrected chi connectivity index (χ4v) is 5.63. The Kier molecular flexibility index (Phi) is 8.50. The fraction of sp³-hybridized carbons (Fsp3) is 0.303. The number of carbonyl (C=O) groups is 1. The molecule has 240 valence electrons. The van der Waals surface area contributed by atoms with Crippen LogP contribution in [0.15, 0.2) is 76.1 Å². The van der Waals surface area contributed by atoms with Gasteiger partial charge in [0.2, 0.25) is 5.89 Å². The first-order valence-corrected chi connectivity index (χ1v) is 14.9. The van der Waals surface area contributed by atoms with Crippen LogP contribution < -0.4 is 26.4 Å². The van der Waals surface area contributed by atoms with Crippen LogP contribution in [0.2, 0.25) is 0 Å². The van der Waals surface area contributed by atoms with Gasteiger partial charge in [-0.1, -0.05) is 0 Å². The molecule has 0 unspecified atom stereocenters. The third-order valence-electron chi connectivity index (χ3n) is 7.78. The van der Waals surface area contributed by atoms with Crippen molar-refractivity contribution in [2.24, 2.45) is 0 Å². The van der Waals surface area contributed by atoms with E-state index in [0.717, 1.165) is 33.7 Å². The summed E-state index contributed by atoms with van der Waals surface area (Å²) in [5.74, 6) is 0.914. The van der Waals surface area contributed by atoms with Gasteiger partial charge in [0, 0.05) is 67.1 Å². The molecule has 0 bridgehead atoms. The Morgan fingerprint density at radius 3 is 2.61 bits per heavy atom. The molecule has 0 atom stereocenters. The molecular weight excluding hydrogens is 596 g/mol. The number of alkyl halides is 2. The zero-order valence-electron chi connectivity index (χ0n) is 25.5. The Morgan fingerprint density at radius 1 is 1.04 bits per heavy atom. The highest BCUT2D eigenvalue weighted by Gasteiger charge is 2.33. The van der Waals surface area contributed by atoms with Crippen LogP contribution in [-0.2, 0) is 6.42 Å². The molecule has 7 rings (SSSR count). The minimum absolute atomic E-state index is 0.116. The van der Waals surface area contributed by atoms with Crippen LogP contribution in [0.3, 0.4) is 0 Å². The topological polar surface area (TPSA) is 149 Å². The van der Waals surface area contributed by atoms with E-state index in [-0.39, 0.29) is 23.7 Å². The third-order valence-corrected chi connectivity index (χ3v) is 7.78. The number of nitrogens with two attached hydrogens (primary N) is 2. The summed E-state index contributed by atoms with van der Waals surface area (Å²) in [7, 11) is 0. The summed E-state index contributed by atoms with van der Waals surface area (Å²) in [6.45, 7) is 5.89. The molecule has 2 aliphatic rings. The molecule has 0 aliphatic carbocycles. The molecule has 5 N–H and O–H groups in total. The van der Waals surface area contributed by atoms with E-state index in [1.807, 2.05) is 50.2 Å². The van der Waals surface area contributed by atoms with Gasteiger partial charge in [-0.05, 0) is 56.3 Å². The van der Waals surface area contributed by atoms with Gasteiger partial charge in [0.15, 0.2) is 5.69 Å². The first kappa shape index (κ1) is 30.8. The summed E-state index contributed by atoms with van der Waals surface area (Å²) in [4.78, 5) is 25.2. The monoisotopic (exact) mass is 631 g/mol. The largest absolute Gasteiger partial charge is 0.487 e. The molecule has 11 nitrogen and oxygen atoms in total. The highest BCUT2D eigenvalue weighted by molar-refractivity contribution is 6.05. The first-order valence-electron chi connectivity index (χ1n) is 14.9. The minimum Gasteiger partial charge on any atom is -0.487 e. The lowest BCUT2D eigenvalue weighted by molar-refractivity contribution is 0.0854. The van der Waals surface area contributed by atoms with E-state index in [0.29, 0.717) is 49.7 Å². The number of anilines is 4. The third kappa shape index (κ3) is 7.04. The lowest BCUT2D eigenvalue weighted by atomic mass is 10.0. The van der Waals surface area contributed by atoms with E-state index < -0.39 is 12.3 Å². The Morgan fingerprint density at radius 2 is 1.85 bits per heavy atom. The van der Waals surface area contributed by atoms with E-state index in [1.165, 1.54) is 12.5 Å². The number of amides is 1. The van der Waals surface area contributed by atoms with Crippen molar-refractivity contribution in [2.75, 3.05) is 54.4 Å². The molecule has 2 aliphatic heterocycles. The number of rotatable bonds is 6. The predicted molar refractivity (Wildman–Crippen MR) is 172 cm³/mol. The van der Waals surface area contributed by atoms with Crippen molar-refractivity contribution < 1.29 is 27.1 Å². The van der Waals surface area contributed by atoms with Crippen molar-refractivity contribution in [3.8, 4) is 17.2 Å². The van der Waals surface area contributed by atoms with Crippen LogP contribution in [0.25, 0.3) is 22.4 Å². The highest BCUT2D eigenvalue weighted by atomic mass is 19.3. The summed E-state index contributed by atoms with van der Waals surface area (Å²) in [6.07, 6.45) is 2.83. The lowest BCUT2D eigenvalue weighted by Crippen LogP contribution is -2.48. The summed E-state index contributed by atoms with van der Waals surface area (Å²) in [5, 5.41) is 4.03. The second-order valence-electron chi connectivity index (χ2n) is 11.9. The van der Waals surface area contributed by atoms with E-state index in [4.69, 9.17) is 25.0 Å². The molecule has 0 saturated carbocycles. The Labute approximate surface area is 264 Å².